The van der Waals surface area contributed by atoms with Crippen LogP contribution in [0.25, 0.3) is 28.1 Å². The molecule has 0 atom stereocenters. The smallest absolute Gasteiger partial charge is 0.0823 e. The molecule has 1 aliphatic carbocycles. The van der Waals surface area contributed by atoms with Crippen molar-refractivity contribution in [3.05, 3.63) is 90.4 Å². The van der Waals surface area contributed by atoms with Gasteiger partial charge in [-0.15, -0.1) is 0 Å². The van der Waals surface area contributed by atoms with Gasteiger partial charge >= 0.3 is 0 Å². The van der Waals surface area contributed by atoms with Gasteiger partial charge in [0.05, 0.1) is 17.1 Å². The number of benzene rings is 2. The van der Waals surface area contributed by atoms with E-state index in [0.29, 0.717) is 0 Å². The van der Waals surface area contributed by atoms with E-state index >= 15 is 0 Å². The molecule has 0 amide bonds. The van der Waals surface area contributed by atoms with E-state index in [2.05, 4.69) is 70.3 Å². The average Bonchev–Trinajstić information content (AvgIpc) is 3.09. The molecular weight excluding hydrogens is 306 g/mol. The van der Waals surface area contributed by atoms with E-state index in [0.717, 1.165) is 29.8 Å². The summed E-state index contributed by atoms with van der Waals surface area (Å²) in [5, 5.41) is 4.99. The van der Waals surface area contributed by atoms with Gasteiger partial charge in [-0.3, -0.25) is 4.98 Å². The second-order valence-corrected chi connectivity index (χ2v) is 6.31. The largest absolute Gasteiger partial charge is 0.265 e. The van der Waals surface area contributed by atoms with Gasteiger partial charge in [-0.1, -0.05) is 42.5 Å². The number of nitrogens with zero attached hydrogens (tertiary/aromatic N) is 3. The molecule has 0 spiro atoms. The molecule has 0 saturated heterocycles. The Morgan fingerprint density at radius 1 is 0.760 bits per heavy atom. The average molecular weight is 323 g/mol. The van der Waals surface area contributed by atoms with Crippen LogP contribution in [0.15, 0.2) is 79.1 Å². The Morgan fingerprint density at radius 2 is 1.52 bits per heavy atom. The first kappa shape index (κ1) is 14.2. The third-order valence-electron chi connectivity index (χ3n) is 4.83. The molecular formula is C22H17N3. The summed E-state index contributed by atoms with van der Waals surface area (Å²) in [7, 11) is 0. The first-order valence-electron chi connectivity index (χ1n) is 8.58. The minimum Gasteiger partial charge on any atom is -0.265 e. The van der Waals surface area contributed by atoms with Crippen LogP contribution >= 0.6 is 0 Å². The lowest BCUT2D eigenvalue weighted by Gasteiger charge is -2.17. The van der Waals surface area contributed by atoms with Gasteiger partial charge in [0.2, 0.25) is 0 Å². The monoisotopic (exact) mass is 323 g/mol. The van der Waals surface area contributed by atoms with Crippen molar-refractivity contribution in [3.8, 4) is 28.1 Å². The van der Waals surface area contributed by atoms with Crippen LogP contribution in [0.3, 0.4) is 0 Å². The number of hydrogen-bond acceptors (Lipinski definition) is 2. The molecule has 2 aromatic heterocycles. The van der Waals surface area contributed by atoms with Gasteiger partial charge in [-0.05, 0) is 48.2 Å². The van der Waals surface area contributed by atoms with Crippen molar-refractivity contribution in [1.29, 1.82) is 0 Å². The normalized spacial score (nSPS) is 12.5. The van der Waals surface area contributed by atoms with Gasteiger partial charge in [0.15, 0.2) is 0 Å². The zero-order valence-corrected chi connectivity index (χ0v) is 13.8. The van der Waals surface area contributed by atoms with Crippen LogP contribution in [0.5, 0.6) is 0 Å². The summed E-state index contributed by atoms with van der Waals surface area (Å²) in [6, 6.07) is 23.2. The highest BCUT2D eigenvalue weighted by molar-refractivity contribution is 5.86. The maximum atomic E-state index is 4.99. The molecule has 3 nitrogen and oxygen atoms in total. The van der Waals surface area contributed by atoms with Crippen LogP contribution in [0, 0.1) is 0 Å². The Hall–Kier alpha value is -3.20. The van der Waals surface area contributed by atoms with Crippen LogP contribution in [0.1, 0.15) is 11.3 Å². The van der Waals surface area contributed by atoms with Gasteiger partial charge < -0.3 is 0 Å². The number of rotatable bonds is 2. The number of hydrogen-bond donors (Lipinski definition) is 0. The van der Waals surface area contributed by atoms with E-state index in [9.17, 15) is 0 Å². The molecule has 2 aromatic carbocycles. The number of para-hydroxylation sites is 1. The highest BCUT2D eigenvalue weighted by atomic mass is 15.3. The van der Waals surface area contributed by atoms with Crippen molar-refractivity contribution in [1.82, 2.24) is 14.8 Å². The molecule has 0 unspecified atom stereocenters. The van der Waals surface area contributed by atoms with E-state index in [-0.39, 0.29) is 0 Å². The van der Waals surface area contributed by atoms with Crippen LogP contribution in [0.4, 0.5) is 0 Å². The molecule has 4 aromatic rings. The molecule has 0 aliphatic heterocycles. The Balaban J connectivity index is 1.85. The lowest BCUT2D eigenvalue weighted by molar-refractivity contribution is 0.818. The van der Waals surface area contributed by atoms with E-state index in [4.69, 9.17) is 5.10 Å². The minimum atomic E-state index is 0.976. The molecule has 25 heavy (non-hydrogen) atoms. The number of fused-ring (bicyclic) bond motifs is 3. The van der Waals surface area contributed by atoms with Crippen LogP contribution < -0.4 is 0 Å². The Labute approximate surface area is 146 Å². The second-order valence-electron chi connectivity index (χ2n) is 6.31. The molecule has 0 bridgehead atoms. The van der Waals surface area contributed by atoms with Crippen molar-refractivity contribution in [3.63, 3.8) is 0 Å². The molecule has 0 radical (unpaired) electrons. The molecule has 0 N–H and O–H groups in total. The standard InChI is InChI=1S/C22H17N3/c1-2-7-18(8-3-1)25-22(17-12-14-23-15-13-17)21-19-9-5-4-6-16(19)10-11-20(21)24-25/h1-9,12-15H,10-11H2. The van der Waals surface area contributed by atoms with Crippen molar-refractivity contribution in [2.45, 2.75) is 12.8 Å². The minimum absolute atomic E-state index is 0.976. The molecule has 5 rings (SSSR count). The maximum Gasteiger partial charge on any atom is 0.0823 e. The fourth-order valence-corrected chi connectivity index (χ4v) is 3.69. The fourth-order valence-electron chi connectivity index (χ4n) is 3.69. The highest BCUT2D eigenvalue weighted by Crippen LogP contribution is 2.41. The number of aryl methyl sites for hydroxylation is 2. The summed E-state index contributed by atoms with van der Waals surface area (Å²) in [4.78, 5) is 4.18. The molecule has 120 valence electrons. The molecule has 0 saturated carbocycles. The SMILES string of the molecule is c1ccc(-n2nc3c(c2-c2ccncc2)-c2ccccc2CC3)cc1. The Kier molecular flexibility index (Phi) is 3.23. The van der Waals surface area contributed by atoms with Gasteiger partial charge in [-0.25, -0.2) is 4.68 Å². The number of aromatic nitrogens is 3. The predicted molar refractivity (Wildman–Crippen MR) is 99.6 cm³/mol. The van der Waals surface area contributed by atoms with Crippen molar-refractivity contribution >= 4 is 0 Å². The van der Waals surface area contributed by atoms with E-state index in [1.165, 1.54) is 22.4 Å². The van der Waals surface area contributed by atoms with E-state index in [1.54, 1.807) is 0 Å². The van der Waals surface area contributed by atoms with Crippen molar-refractivity contribution in [2.24, 2.45) is 0 Å². The summed E-state index contributed by atoms with van der Waals surface area (Å²) in [5.41, 5.74) is 8.52. The first-order valence-corrected chi connectivity index (χ1v) is 8.58. The van der Waals surface area contributed by atoms with Gasteiger partial charge in [0, 0.05) is 23.5 Å². The lowest BCUT2D eigenvalue weighted by Crippen LogP contribution is -2.03. The van der Waals surface area contributed by atoms with Gasteiger partial charge in [0.25, 0.3) is 0 Å². The summed E-state index contributed by atoms with van der Waals surface area (Å²) >= 11 is 0. The van der Waals surface area contributed by atoms with Crippen LogP contribution in [0.2, 0.25) is 0 Å². The summed E-state index contributed by atoms with van der Waals surface area (Å²) in [5.74, 6) is 0. The lowest BCUT2D eigenvalue weighted by atomic mass is 9.87. The second kappa shape index (κ2) is 5.71. The molecule has 1 aliphatic rings. The maximum absolute atomic E-state index is 4.99. The van der Waals surface area contributed by atoms with Crippen molar-refractivity contribution in [2.75, 3.05) is 0 Å². The molecule has 3 heteroatoms. The predicted octanol–water partition coefficient (Wildman–Crippen LogP) is 4.70. The molecule has 0 fully saturated rings. The van der Waals surface area contributed by atoms with Crippen molar-refractivity contribution < 1.29 is 0 Å². The van der Waals surface area contributed by atoms with E-state index < -0.39 is 0 Å². The zero-order valence-electron chi connectivity index (χ0n) is 13.8. The summed E-state index contributed by atoms with van der Waals surface area (Å²) in [6.45, 7) is 0. The zero-order chi connectivity index (χ0) is 16.6. The van der Waals surface area contributed by atoms with E-state index in [1.807, 2.05) is 18.5 Å². The topological polar surface area (TPSA) is 30.7 Å². The first-order chi connectivity index (χ1) is 12.4. The Bertz CT molecular complexity index is 1030. The summed E-state index contributed by atoms with van der Waals surface area (Å²) < 4.78 is 2.09. The fraction of sp³-hybridized carbons (Fsp3) is 0.0909. The van der Waals surface area contributed by atoms with Gasteiger partial charge in [0.1, 0.15) is 0 Å². The third kappa shape index (κ3) is 2.28. The highest BCUT2D eigenvalue weighted by Gasteiger charge is 2.26. The number of pyridine rings is 1. The van der Waals surface area contributed by atoms with Crippen LogP contribution in [-0.2, 0) is 12.8 Å². The Morgan fingerprint density at radius 3 is 2.36 bits per heavy atom. The van der Waals surface area contributed by atoms with Crippen LogP contribution in [-0.4, -0.2) is 14.8 Å². The summed E-state index contributed by atoms with van der Waals surface area (Å²) in [6.07, 6.45) is 5.71. The molecule has 2 heterocycles. The third-order valence-corrected chi connectivity index (χ3v) is 4.83. The van der Waals surface area contributed by atoms with Gasteiger partial charge in [-0.2, -0.15) is 5.10 Å². The quantitative estimate of drug-likeness (QED) is 0.535.